The molecule has 0 aromatic heterocycles. The number of fused-ring (bicyclic) bond motifs is 5. The summed E-state index contributed by atoms with van der Waals surface area (Å²) in [7, 11) is 1.54. The molecule has 10 saturated heterocycles. The van der Waals surface area contributed by atoms with Crippen molar-refractivity contribution in [1.82, 2.24) is 29.8 Å². The smallest absolute Gasteiger partial charge is 0.236 e. The number of likely N-dealkylation sites (tertiary alicyclic amines) is 5. The summed E-state index contributed by atoms with van der Waals surface area (Å²) in [5.41, 5.74) is 45.5. The van der Waals surface area contributed by atoms with Gasteiger partial charge in [-0.05, 0) is 122 Å². The van der Waals surface area contributed by atoms with Crippen molar-refractivity contribution in [3.63, 3.8) is 0 Å². The lowest BCUT2D eigenvalue weighted by Gasteiger charge is -2.22. The SMILES string of the molecule is C=CC1CC(/C=C\C2OC(/C=C\C3OC(/C=C\C4OC(/C=C\C5OC(/C=C\C6OC(/C=C/c7ccccc7)C7C(=O)N(CCCCN=[N+]=[N-])C(=O)C67)C6C(=O)N(CCCCN=[N+]=[N-])C(=O)C56)C5C(=O)N(CCCCN=[N+]=[N-])C(=O)C45)C4C(=O)N(CCCCN=[N+]=[N-])C(=O)C34)C3C(=O)N(CCCCN=[N+]=[N-])C(=O)C23)CC1C(=O)NCCOC. The van der Waals surface area contributed by atoms with E-state index in [9.17, 15) is 52.7 Å². The Morgan fingerprint density at radius 2 is 0.658 bits per heavy atom. The van der Waals surface area contributed by atoms with Crippen LogP contribution in [0.25, 0.3) is 58.3 Å². The molecule has 38 nitrogen and oxygen atoms in total. The zero-order valence-electron chi connectivity index (χ0n) is 64.7. The van der Waals surface area contributed by atoms with Crippen molar-refractivity contribution in [3.05, 3.63) is 168 Å². The summed E-state index contributed by atoms with van der Waals surface area (Å²) in [4.78, 5) is 180. The largest absolute Gasteiger partial charge is 0.383 e. The summed E-state index contributed by atoms with van der Waals surface area (Å²) in [5, 5.41) is 20.9. The molecular weight excluding hydrogens is 1510 g/mol. The molecule has 1 aromatic carbocycles. The third kappa shape index (κ3) is 18.5. The molecule has 23 unspecified atom stereocenters. The zero-order valence-corrected chi connectivity index (χ0v) is 64.7. The van der Waals surface area contributed by atoms with E-state index in [1.165, 1.54) is 41.2 Å². The molecule has 117 heavy (non-hydrogen) atoms. The highest BCUT2D eigenvalue weighted by Crippen LogP contribution is 2.50. The van der Waals surface area contributed by atoms with Gasteiger partial charge in [0.2, 0.25) is 65.0 Å². The highest BCUT2D eigenvalue weighted by Gasteiger charge is 2.65. The summed E-state index contributed by atoms with van der Waals surface area (Å²) in [5.74, 6) is -17.2. The number of allylic oxidation sites excluding steroid dienone is 2. The quantitative estimate of drug-likeness (QED) is 0.0160. The molecule has 23 atom stereocenters. The van der Waals surface area contributed by atoms with Crippen molar-refractivity contribution in [2.45, 2.75) is 138 Å². The van der Waals surface area contributed by atoms with Crippen molar-refractivity contribution in [2.24, 2.45) is 103 Å². The maximum absolute atomic E-state index is 14.9. The van der Waals surface area contributed by atoms with Gasteiger partial charge in [0.1, 0.15) is 0 Å². The highest BCUT2D eigenvalue weighted by molar-refractivity contribution is 6.09. The number of nitrogens with zero attached hydrogens (tertiary/aromatic N) is 20. The zero-order chi connectivity index (χ0) is 82.8. The van der Waals surface area contributed by atoms with Crippen LogP contribution in [-0.2, 0) is 81.2 Å². The van der Waals surface area contributed by atoms with Crippen molar-refractivity contribution in [3.8, 4) is 0 Å². The molecule has 1 aromatic rings. The number of hydrogen-bond donors (Lipinski definition) is 1. The number of azide groups is 5. The Morgan fingerprint density at radius 1 is 0.402 bits per heavy atom. The Hall–Kier alpha value is -11.1. The van der Waals surface area contributed by atoms with Crippen LogP contribution in [0.15, 0.2) is 135 Å². The molecule has 0 bridgehead atoms. The van der Waals surface area contributed by atoms with Crippen LogP contribution >= 0.6 is 0 Å². The average Bonchev–Trinajstić information content (AvgIpc) is 1.59. The number of hydrogen-bond acceptors (Lipinski definition) is 22. The second-order valence-electron chi connectivity index (χ2n) is 30.7. The number of amides is 11. The van der Waals surface area contributed by atoms with E-state index < -0.39 is 179 Å². The van der Waals surface area contributed by atoms with Crippen molar-refractivity contribution in [2.75, 3.05) is 85.7 Å². The lowest BCUT2D eigenvalue weighted by Crippen LogP contribution is -2.37. The number of rotatable bonds is 42. The standard InChI is InChI=1S/C79H95N21O17/c1-3-47-43-46(44-48(47)69(101)85-36-42-112-2)20-22-50-60-62(73(105)97(71(60)103)38-13-8-32-87-92-81)52(114-50)24-26-54-64-66(77(109)99(75(64)107)40-15-10-34-89-94-83)56(116-54)28-30-58-68-67(78(110)100(79(68)111)41-16-11-35-90-95-84)57(117-58)29-27-55-65-63(74(106)98(76(65)108)39-14-9-33-88-93-82)53(115-55)25-23-51-61-59(49(113-51)21-19-45-17-5-4-6-18-45)70(102)96(72(61)104)37-12-7-31-86-91-80/h3-6,17-30,46-68H,1,7-16,31-44H2,2H3,(H,85,101)/b21-19+,22-20-,25-23-,26-24-,29-27-,30-28-. The normalized spacial score (nSPS) is 32.9. The summed E-state index contributed by atoms with van der Waals surface area (Å²) in [6, 6.07) is 9.28. The second-order valence-corrected chi connectivity index (χ2v) is 30.7. The number of carbonyl (C=O) groups excluding carboxylic acids is 11. The highest BCUT2D eigenvalue weighted by atomic mass is 16.5. The van der Waals surface area contributed by atoms with E-state index in [1.54, 1.807) is 48.6 Å². The third-order valence-corrected chi connectivity index (χ3v) is 24.0. The molecule has 11 fully saturated rings. The van der Waals surface area contributed by atoms with Gasteiger partial charge in [-0.15, -0.1) is 6.58 Å². The van der Waals surface area contributed by atoms with Gasteiger partial charge in [-0.25, -0.2) is 0 Å². The summed E-state index contributed by atoms with van der Waals surface area (Å²) in [6.45, 7) is 5.24. The lowest BCUT2D eigenvalue weighted by molar-refractivity contribution is -0.144. The van der Waals surface area contributed by atoms with E-state index in [0.29, 0.717) is 70.9 Å². The van der Waals surface area contributed by atoms with Gasteiger partial charge in [-0.2, -0.15) is 0 Å². The first-order valence-electron chi connectivity index (χ1n) is 40.1. The van der Waals surface area contributed by atoms with Crippen LogP contribution in [0.4, 0.5) is 0 Å². The monoisotopic (exact) mass is 1610 g/mol. The van der Waals surface area contributed by atoms with Gasteiger partial charge < -0.3 is 33.7 Å². The molecule has 1 saturated carbocycles. The minimum atomic E-state index is -1.23. The Bertz CT molecular complexity index is 4410. The summed E-state index contributed by atoms with van der Waals surface area (Å²) >= 11 is 0. The lowest BCUT2D eigenvalue weighted by atomic mass is 9.86. The molecule has 11 aliphatic rings. The predicted octanol–water partition coefficient (Wildman–Crippen LogP) is 8.37. The Labute approximate surface area is 673 Å². The minimum absolute atomic E-state index is 0.0302. The number of carbonyl (C=O) groups is 11. The Balaban J connectivity index is 0.828. The van der Waals surface area contributed by atoms with E-state index in [2.05, 4.69) is 62.0 Å². The van der Waals surface area contributed by atoms with Gasteiger partial charge in [-0.3, -0.25) is 77.2 Å². The van der Waals surface area contributed by atoms with Gasteiger partial charge in [0, 0.05) is 110 Å². The molecule has 10 aliphatic heterocycles. The van der Waals surface area contributed by atoms with Gasteiger partial charge >= 0.3 is 0 Å². The third-order valence-electron chi connectivity index (χ3n) is 24.0. The molecule has 38 heteroatoms. The fourth-order valence-electron chi connectivity index (χ4n) is 18.5. The van der Waals surface area contributed by atoms with Crippen LogP contribution in [0.2, 0.25) is 0 Å². The molecular formula is C79H95N21O17. The van der Waals surface area contributed by atoms with Crippen LogP contribution in [0, 0.1) is 76.9 Å². The molecule has 1 aliphatic carbocycles. The minimum Gasteiger partial charge on any atom is -0.383 e. The fourth-order valence-corrected chi connectivity index (χ4v) is 18.5. The van der Waals surface area contributed by atoms with Crippen LogP contribution in [0.1, 0.15) is 82.6 Å². The molecule has 12 rings (SSSR count). The topological polar surface area (TPSA) is 515 Å². The Morgan fingerprint density at radius 3 is 0.906 bits per heavy atom. The summed E-state index contributed by atoms with van der Waals surface area (Å²) < 4.78 is 38.4. The molecule has 1 N–H and O–H groups in total. The first kappa shape index (κ1) is 85.3. The first-order chi connectivity index (χ1) is 56.9. The maximum atomic E-state index is 14.9. The molecule has 618 valence electrons. The van der Waals surface area contributed by atoms with Crippen LogP contribution in [0.5, 0.6) is 0 Å². The van der Waals surface area contributed by atoms with Gasteiger partial charge in [0.15, 0.2) is 0 Å². The van der Waals surface area contributed by atoms with E-state index >= 15 is 0 Å². The predicted molar refractivity (Wildman–Crippen MR) is 414 cm³/mol. The number of nitrogens with one attached hydrogen (secondary N) is 1. The fraction of sp³-hybridized carbons (Fsp3) is 0.608. The number of methoxy groups -OCH3 is 1. The van der Waals surface area contributed by atoms with Gasteiger partial charge in [0.25, 0.3) is 0 Å². The van der Waals surface area contributed by atoms with E-state index in [4.69, 9.17) is 56.1 Å². The van der Waals surface area contributed by atoms with Crippen LogP contribution in [-0.4, -0.2) is 236 Å². The number of unbranched alkanes of at least 4 members (excludes halogenated alkanes) is 5. The molecule has 0 radical (unpaired) electrons. The number of ether oxygens (including phenoxy) is 6. The van der Waals surface area contributed by atoms with E-state index in [-0.39, 0.29) is 108 Å². The molecule has 0 spiro atoms. The van der Waals surface area contributed by atoms with Crippen molar-refractivity contribution < 1.29 is 81.2 Å². The first-order valence-corrected chi connectivity index (χ1v) is 40.1. The van der Waals surface area contributed by atoms with Gasteiger partial charge in [0.05, 0.1) is 127 Å². The van der Waals surface area contributed by atoms with Crippen molar-refractivity contribution in [1.29, 1.82) is 0 Å². The number of imide groups is 5. The Kier molecular flexibility index (Phi) is 29.3. The van der Waals surface area contributed by atoms with Crippen LogP contribution in [0.3, 0.4) is 0 Å². The molecule has 11 amide bonds. The maximum Gasteiger partial charge on any atom is 0.236 e. The van der Waals surface area contributed by atoms with E-state index in [1.807, 2.05) is 36.4 Å². The average molecular weight is 1610 g/mol. The van der Waals surface area contributed by atoms with Gasteiger partial charge in [-0.1, -0.05) is 135 Å². The number of benzene rings is 1. The van der Waals surface area contributed by atoms with E-state index in [0.717, 1.165) is 20.3 Å². The molecule has 10 heterocycles. The second kappa shape index (κ2) is 40.2. The van der Waals surface area contributed by atoms with Crippen LogP contribution < -0.4 is 5.32 Å². The summed E-state index contributed by atoms with van der Waals surface area (Å²) in [6.07, 6.45) is 14.6. The van der Waals surface area contributed by atoms with Crippen molar-refractivity contribution >= 4 is 71.1 Å².